The Kier molecular flexibility index (Phi) is 4.72. The molecule has 22 heavy (non-hydrogen) atoms. The van der Waals surface area contributed by atoms with Crippen LogP contribution in [0.1, 0.15) is 12.5 Å². The summed E-state index contributed by atoms with van der Waals surface area (Å²) in [7, 11) is 1.77. The van der Waals surface area contributed by atoms with E-state index in [2.05, 4.69) is 21.0 Å². The molecule has 0 spiro atoms. The fraction of sp³-hybridized carbons (Fsp3) is 0.214. The van der Waals surface area contributed by atoms with Crippen molar-refractivity contribution in [3.05, 3.63) is 42.0 Å². The lowest BCUT2D eigenvalue weighted by Gasteiger charge is -2.10. The third-order valence-electron chi connectivity index (χ3n) is 2.75. The summed E-state index contributed by atoms with van der Waals surface area (Å²) in [4.78, 5) is 22.8. The predicted octanol–water partition coefficient (Wildman–Crippen LogP) is 1.84. The molecule has 0 radical (unpaired) electrons. The van der Waals surface area contributed by atoms with Gasteiger partial charge in [-0.3, -0.25) is 9.48 Å². The van der Waals surface area contributed by atoms with Gasteiger partial charge in [0.25, 0.3) is 0 Å². The van der Waals surface area contributed by atoms with E-state index in [0.717, 1.165) is 5.56 Å². The Morgan fingerprint density at radius 2 is 2.09 bits per heavy atom. The average Bonchev–Trinajstić information content (AvgIpc) is 2.85. The van der Waals surface area contributed by atoms with Crippen LogP contribution >= 0.6 is 0 Å². The first-order valence-electron chi connectivity index (χ1n) is 6.53. The molecule has 1 heterocycles. The zero-order valence-corrected chi connectivity index (χ0v) is 12.2. The van der Waals surface area contributed by atoms with Gasteiger partial charge in [0.1, 0.15) is 5.82 Å². The van der Waals surface area contributed by atoms with E-state index in [1.807, 2.05) is 0 Å². The van der Waals surface area contributed by atoms with Gasteiger partial charge in [-0.25, -0.2) is 9.18 Å². The van der Waals surface area contributed by atoms with E-state index in [0.29, 0.717) is 5.69 Å². The molecule has 0 saturated heterocycles. The van der Waals surface area contributed by atoms with Crippen LogP contribution < -0.4 is 16.0 Å². The summed E-state index contributed by atoms with van der Waals surface area (Å²) >= 11 is 0. The first kappa shape index (κ1) is 15.5. The van der Waals surface area contributed by atoms with Gasteiger partial charge in [-0.2, -0.15) is 5.10 Å². The van der Waals surface area contributed by atoms with Crippen LogP contribution in [0, 0.1) is 5.82 Å². The summed E-state index contributed by atoms with van der Waals surface area (Å²) in [5.74, 6) is -0.871. The second-order valence-corrected chi connectivity index (χ2v) is 4.71. The maximum atomic E-state index is 13.7. The quantitative estimate of drug-likeness (QED) is 0.805. The Morgan fingerprint density at radius 1 is 1.32 bits per heavy atom. The van der Waals surface area contributed by atoms with Crippen LogP contribution in [-0.4, -0.2) is 21.7 Å². The lowest BCUT2D eigenvalue weighted by molar-refractivity contribution is -0.114. The summed E-state index contributed by atoms with van der Waals surface area (Å²) < 4.78 is 15.3. The molecule has 0 aliphatic carbocycles. The van der Waals surface area contributed by atoms with E-state index in [1.54, 1.807) is 24.1 Å². The van der Waals surface area contributed by atoms with Gasteiger partial charge in [0.2, 0.25) is 5.91 Å². The molecule has 0 bridgehead atoms. The number of rotatable bonds is 4. The van der Waals surface area contributed by atoms with Crippen molar-refractivity contribution in [1.29, 1.82) is 0 Å². The number of amides is 3. The summed E-state index contributed by atoms with van der Waals surface area (Å²) in [6.45, 7) is 1.61. The first-order chi connectivity index (χ1) is 10.4. The number of hydrogen-bond acceptors (Lipinski definition) is 3. The van der Waals surface area contributed by atoms with Gasteiger partial charge in [0.15, 0.2) is 0 Å². The second-order valence-electron chi connectivity index (χ2n) is 4.71. The van der Waals surface area contributed by atoms with Crippen LogP contribution in [0.3, 0.4) is 0 Å². The Hall–Kier alpha value is -2.90. The van der Waals surface area contributed by atoms with Crippen molar-refractivity contribution in [2.45, 2.75) is 13.5 Å². The van der Waals surface area contributed by atoms with Gasteiger partial charge < -0.3 is 16.0 Å². The third-order valence-corrected chi connectivity index (χ3v) is 2.75. The summed E-state index contributed by atoms with van der Waals surface area (Å²) in [5.41, 5.74) is 1.21. The SMILES string of the molecule is CC(=O)Nc1ccc(F)c(NC(=O)NCc2cnn(C)c2)c1. The molecule has 2 aromatic rings. The Morgan fingerprint density at radius 3 is 2.73 bits per heavy atom. The molecule has 3 N–H and O–H groups in total. The molecule has 8 heteroatoms. The maximum Gasteiger partial charge on any atom is 0.319 e. The zero-order chi connectivity index (χ0) is 16.1. The molecule has 7 nitrogen and oxygen atoms in total. The number of halogens is 1. The normalized spacial score (nSPS) is 10.1. The lowest BCUT2D eigenvalue weighted by Crippen LogP contribution is -2.28. The van der Waals surface area contributed by atoms with Crippen LogP contribution in [0.5, 0.6) is 0 Å². The van der Waals surface area contributed by atoms with Gasteiger partial charge in [0, 0.05) is 38.0 Å². The smallest absolute Gasteiger partial charge is 0.319 e. The van der Waals surface area contributed by atoms with Crippen molar-refractivity contribution in [3.8, 4) is 0 Å². The van der Waals surface area contributed by atoms with Crippen molar-refractivity contribution in [2.75, 3.05) is 10.6 Å². The summed E-state index contributed by atoms with van der Waals surface area (Å²) in [6, 6.07) is 3.38. The molecule has 0 saturated carbocycles. The van der Waals surface area contributed by atoms with E-state index in [4.69, 9.17) is 0 Å². The maximum absolute atomic E-state index is 13.7. The number of aryl methyl sites for hydroxylation is 1. The molecule has 3 amide bonds. The standard InChI is InChI=1S/C14H16FN5O2/c1-9(21)18-11-3-4-12(15)13(5-11)19-14(22)16-6-10-7-17-20(2)8-10/h3-5,7-8H,6H2,1-2H3,(H,18,21)(H2,16,19,22). The number of anilines is 2. The molecule has 2 rings (SSSR count). The second kappa shape index (κ2) is 6.70. The predicted molar refractivity (Wildman–Crippen MR) is 79.8 cm³/mol. The van der Waals surface area contributed by atoms with Gasteiger partial charge in [-0.05, 0) is 18.2 Å². The number of nitrogens with one attached hydrogen (secondary N) is 3. The molecule has 116 valence electrons. The zero-order valence-electron chi connectivity index (χ0n) is 12.2. The molecule has 1 aromatic heterocycles. The van der Waals surface area contributed by atoms with Crippen LogP contribution in [0.4, 0.5) is 20.6 Å². The highest BCUT2D eigenvalue weighted by Gasteiger charge is 2.09. The molecule has 0 fully saturated rings. The number of nitrogens with zero attached hydrogens (tertiary/aromatic N) is 2. The fourth-order valence-corrected chi connectivity index (χ4v) is 1.81. The molecular weight excluding hydrogens is 289 g/mol. The van der Waals surface area contributed by atoms with Gasteiger partial charge in [0.05, 0.1) is 11.9 Å². The number of carbonyl (C=O) groups is 2. The number of aromatic nitrogens is 2. The van der Waals surface area contributed by atoms with Gasteiger partial charge in [-0.1, -0.05) is 0 Å². The number of carbonyl (C=O) groups excluding carboxylic acids is 2. The summed E-state index contributed by atoms with van der Waals surface area (Å²) in [5, 5.41) is 11.5. The minimum atomic E-state index is -0.592. The number of benzene rings is 1. The molecule has 0 atom stereocenters. The largest absolute Gasteiger partial charge is 0.334 e. The lowest BCUT2D eigenvalue weighted by atomic mass is 10.2. The number of urea groups is 1. The Labute approximate surface area is 126 Å². The molecule has 0 unspecified atom stereocenters. The number of hydrogen-bond donors (Lipinski definition) is 3. The molecule has 0 aliphatic rings. The monoisotopic (exact) mass is 305 g/mol. The minimum Gasteiger partial charge on any atom is -0.334 e. The van der Waals surface area contributed by atoms with Crippen molar-refractivity contribution in [3.63, 3.8) is 0 Å². The van der Waals surface area contributed by atoms with Gasteiger partial charge in [-0.15, -0.1) is 0 Å². The van der Waals surface area contributed by atoms with E-state index >= 15 is 0 Å². The van der Waals surface area contributed by atoms with Crippen molar-refractivity contribution in [1.82, 2.24) is 15.1 Å². The van der Waals surface area contributed by atoms with Crippen molar-refractivity contribution >= 4 is 23.3 Å². The van der Waals surface area contributed by atoms with E-state index in [9.17, 15) is 14.0 Å². The van der Waals surface area contributed by atoms with E-state index in [-0.39, 0.29) is 18.1 Å². The van der Waals surface area contributed by atoms with Crippen LogP contribution in [-0.2, 0) is 18.4 Å². The Balaban J connectivity index is 1.96. The van der Waals surface area contributed by atoms with Crippen molar-refractivity contribution < 1.29 is 14.0 Å². The summed E-state index contributed by atoms with van der Waals surface area (Å²) in [6.07, 6.45) is 3.39. The highest BCUT2D eigenvalue weighted by molar-refractivity contribution is 5.92. The first-order valence-corrected chi connectivity index (χ1v) is 6.53. The van der Waals surface area contributed by atoms with Crippen LogP contribution in [0.2, 0.25) is 0 Å². The van der Waals surface area contributed by atoms with Crippen molar-refractivity contribution in [2.24, 2.45) is 7.05 Å². The molecular formula is C14H16FN5O2. The van der Waals surface area contributed by atoms with Gasteiger partial charge >= 0.3 is 6.03 Å². The average molecular weight is 305 g/mol. The molecule has 0 aliphatic heterocycles. The van der Waals surface area contributed by atoms with E-state index in [1.165, 1.54) is 25.1 Å². The minimum absolute atomic E-state index is 0.0186. The highest BCUT2D eigenvalue weighted by Crippen LogP contribution is 2.19. The fourth-order valence-electron chi connectivity index (χ4n) is 1.81. The highest BCUT2D eigenvalue weighted by atomic mass is 19.1. The molecule has 1 aromatic carbocycles. The topological polar surface area (TPSA) is 88.1 Å². The van der Waals surface area contributed by atoms with E-state index < -0.39 is 11.8 Å². The van der Waals surface area contributed by atoms with Crippen LogP contribution in [0.25, 0.3) is 0 Å². The van der Waals surface area contributed by atoms with Crippen LogP contribution in [0.15, 0.2) is 30.6 Å². The Bertz CT molecular complexity index is 698. The third kappa shape index (κ3) is 4.30.